The van der Waals surface area contributed by atoms with E-state index >= 15 is 0 Å². The van der Waals surface area contributed by atoms with Crippen molar-refractivity contribution in [1.29, 1.82) is 0 Å². The van der Waals surface area contributed by atoms with Crippen LogP contribution in [0.3, 0.4) is 0 Å². The van der Waals surface area contributed by atoms with Crippen molar-refractivity contribution in [3.05, 3.63) is 53.6 Å². The van der Waals surface area contributed by atoms with Crippen molar-refractivity contribution < 1.29 is 13.2 Å². The first-order valence-corrected chi connectivity index (χ1v) is 10.9. The molecule has 2 aromatic carbocycles. The first kappa shape index (κ1) is 18.3. The largest absolute Gasteiger partial charge is 0.378 e. The van der Waals surface area contributed by atoms with E-state index in [1.54, 1.807) is 12.1 Å². The SMILES string of the molecule is O=S(=O)(c1cccc(Cl)c1)c1nnn2c1nc(N1CCOCC1)c1ccccc12. The maximum absolute atomic E-state index is 13.2. The van der Waals surface area contributed by atoms with E-state index in [1.807, 2.05) is 24.3 Å². The highest BCUT2D eigenvalue weighted by molar-refractivity contribution is 7.91. The van der Waals surface area contributed by atoms with Gasteiger partial charge in [0, 0.05) is 23.5 Å². The van der Waals surface area contributed by atoms with Gasteiger partial charge < -0.3 is 9.64 Å². The molecule has 0 radical (unpaired) electrons. The third-order valence-electron chi connectivity index (χ3n) is 4.87. The zero-order chi connectivity index (χ0) is 20.0. The molecule has 0 N–H and O–H groups in total. The highest BCUT2D eigenvalue weighted by Gasteiger charge is 2.28. The molecule has 1 fully saturated rings. The number of aromatic nitrogens is 4. The Bertz CT molecular complexity index is 1330. The zero-order valence-corrected chi connectivity index (χ0v) is 16.8. The number of hydrogen-bond acceptors (Lipinski definition) is 7. The number of hydrogen-bond donors (Lipinski definition) is 0. The molecule has 1 saturated heterocycles. The fourth-order valence-electron chi connectivity index (χ4n) is 3.46. The molecule has 10 heteroatoms. The number of benzene rings is 2. The quantitative estimate of drug-likeness (QED) is 0.494. The van der Waals surface area contributed by atoms with Gasteiger partial charge in [0.25, 0.3) is 0 Å². The highest BCUT2D eigenvalue weighted by atomic mass is 35.5. The molecule has 3 heterocycles. The summed E-state index contributed by atoms with van der Waals surface area (Å²) in [4.78, 5) is 6.84. The smallest absolute Gasteiger partial charge is 0.229 e. The van der Waals surface area contributed by atoms with Crippen LogP contribution >= 0.6 is 11.6 Å². The minimum absolute atomic E-state index is 0.0512. The summed E-state index contributed by atoms with van der Waals surface area (Å²) in [5, 5.41) is 9.09. The van der Waals surface area contributed by atoms with E-state index in [0.29, 0.717) is 37.1 Å². The number of anilines is 1. The molecule has 0 aliphatic carbocycles. The molecule has 4 aromatic rings. The molecule has 0 atom stereocenters. The van der Waals surface area contributed by atoms with E-state index < -0.39 is 9.84 Å². The summed E-state index contributed by atoms with van der Waals surface area (Å²) < 4.78 is 33.4. The molecule has 29 heavy (non-hydrogen) atoms. The van der Waals surface area contributed by atoms with E-state index in [-0.39, 0.29) is 15.6 Å². The van der Waals surface area contributed by atoms with Gasteiger partial charge in [-0.05, 0) is 30.3 Å². The zero-order valence-electron chi connectivity index (χ0n) is 15.2. The fourth-order valence-corrected chi connectivity index (χ4v) is 5.00. The molecular weight excluding hydrogens is 414 g/mol. The Hall–Kier alpha value is -2.75. The molecule has 0 saturated carbocycles. The summed E-state index contributed by atoms with van der Waals surface area (Å²) in [6.45, 7) is 2.52. The normalized spacial score (nSPS) is 15.3. The molecule has 0 bridgehead atoms. The van der Waals surface area contributed by atoms with Crippen LogP contribution in [0.15, 0.2) is 58.5 Å². The van der Waals surface area contributed by atoms with Crippen LogP contribution in [0.1, 0.15) is 0 Å². The number of halogens is 1. The second-order valence-corrected chi connectivity index (χ2v) is 8.94. The monoisotopic (exact) mass is 429 g/mol. The highest BCUT2D eigenvalue weighted by Crippen LogP contribution is 2.30. The van der Waals surface area contributed by atoms with Gasteiger partial charge in [-0.3, -0.25) is 0 Å². The van der Waals surface area contributed by atoms with Gasteiger partial charge in [0.05, 0.1) is 23.6 Å². The van der Waals surface area contributed by atoms with Crippen LogP contribution in [0, 0.1) is 0 Å². The lowest BCUT2D eigenvalue weighted by atomic mass is 10.2. The van der Waals surface area contributed by atoms with Gasteiger partial charge in [0.15, 0.2) is 5.65 Å². The van der Waals surface area contributed by atoms with Crippen LogP contribution in [0.5, 0.6) is 0 Å². The van der Waals surface area contributed by atoms with Crippen LogP contribution in [-0.4, -0.2) is 54.5 Å². The maximum atomic E-state index is 13.2. The van der Waals surface area contributed by atoms with E-state index in [1.165, 1.54) is 16.6 Å². The predicted octanol–water partition coefficient (Wildman–Crippen LogP) is 2.60. The Labute approximate surface area is 171 Å². The average Bonchev–Trinajstić information content (AvgIpc) is 3.19. The summed E-state index contributed by atoms with van der Waals surface area (Å²) in [7, 11) is -3.95. The summed E-state index contributed by atoms with van der Waals surface area (Å²) in [6, 6.07) is 13.7. The van der Waals surface area contributed by atoms with E-state index in [4.69, 9.17) is 21.3 Å². The van der Waals surface area contributed by atoms with Crippen molar-refractivity contribution in [3.8, 4) is 0 Å². The van der Waals surface area contributed by atoms with Crippen molar-refractivity contribution in [3.63, 3.8) is 0 Å². The number of rotatable bonds is 3. The van der Waals surface area contributed by atoms with Crippen LogP contribution in [0.2, 0.25) is 5.02 Å². The molecule has 5 rings (SSSR count). The number of fused-ring (bicyclic) bond motifs is 3. The van der Waals surface area contributed by atoms with Gasteiger partial charge in [-0.15, -0.1) is 5.10 Å². The van der Waals surface area contributed by atoms with Crippen LogP contribution in [0.25, 0.3) is 16.6 Å². The fraction of sp³-hybridized carbons (Fsp3) is 0.211. The van der Waals surface area contributed by atoms with Gasteiger partial charge in [0.1, 0.15) is 5.82 Å². The lowest BCUT2D eigenvalue weighted by Gasteiger charge is -2.28. The van der Waals surface area contributed by atoms with E-state index in [9.17, 15) is 8.42 Å². The van der Waals surface area contributed by atoms with Crippen LogP contribution in [0.4, 0.5) is 5.82 Å². The Morgan fingerprint density at radius 3 is 2.62 bits per heavy atom. The molecule has 8 nitrogen and oxygen atoms in total. The topological polar surface area (TPSA) is 89.7 Å². The number of sulfone groups is 1. The Balaban J connectivity index is 1.78. The Kier molecular flexibility index (Phi) is 4.38. The number of ether oxygens (including phenoxy) is 1. The third-order valence-corrected chi connectivity index (χ3v) is 6.76. The second-order valence-electron chi connectivity index (χ2n) is 6.64. The molecule has 0 amide bonds. The van der Waals surface area contributed by atoms with Crippen molar-refractivity contribution >= 4 is 43.8 Å². The summed E-state index contributed by atoms with van der Waals surface area (Å²) in [5.41, 5.74) is 0.921. The molecule has 148 valence electrons. The standard InChI is InChI=1S/C19H16ClN5O3S/c20-13-4-3-5-14(12-13)29(26,27)19-18-21-17(24-8-10-28-11-9-24)15-6-1-2-7-16(15)25(18)23-22-19/h1-7,12H,8-11H2. The number of para-hydroxylation sites is 1. The average molecular weight is 430 g/mol. The summed E-state index contributed by atoms with van der Waals surface area (Å²) >= 11 is 6.00. The van der Waals surface area contributed by atoms with E-state index in [2.05, 4.69) is 15.2 Å². The molecule has 0 unspecified atom stereocenters. The lowest BCUT2D eigenvalue weighted by Crippen LogP contribution is -2.37. The summed E-state index contributed by atoms with van der Waals surface area (Å²) in [6.07, 6.45) is 0. The Morgan fingerprint density at radius 2 is 1.83 bits per heavy atom. The minimum Gasteiger partial charge on any atom is -0.378 e. The van der Waals surface area contributed by atoms with Gasteiger partial charge in [-0.2, -0.15) is 4.52 Å². The minimum atomic E-state index is -3.95. The predicted molar refractivity (Wildman–Crippen MR) is 108 cm³/mol. The lowest BCUT2D eigenvalue weighted by molar-refractivity contribution is 0.122. The van der Waals surface area contributed by atoms with Gasteiger partial charge in [0.2, 0.25) is 14.9 Å². The van der Waals surface area contributed by atoms with Gasteiger partial charge in [-0.25, -0.2) is 13.4 Å². The summed E-state index contributed by atoms with van der Waals surface area (Å²) in [5.74, 6) is 0.696. The molecule has 2 aromatic heterocycles. The number of nitrogens with zero attached hydrogens (tertiary/aromatic N) is 5. The van der Waals surface area contributed by atoms with Crippen molar-refractivity contribution in [2.75, 3.05) is 31.2 Å². The van der Waals surface area contributed by atoms with Crippen LogP contribution in [-0.2, 0) is 14.6 Å². The first-order valence-electron chi connectivity index (χ1n) is 9.03. The van der Waals surface area contributed by atoms with Gasteiger partial charge >= 0.3 is 0 Å². The van der Waals surface area contributed by atoms with E-state index in [0.717, 1.165) is 10.9 Å². The van der Waals surface area contributed by atoms with Crippen molar-refractivity contribution in [2.24, 2.45) is 0 Å². The van der Waals surface area contributed by atoms with Gasteiger partial charge in [-0.1, -0.05) is 35.0 Å². The second kappa shape index (κ2) is 6.94. The van der Waals surface area contributed by atoms with Crippen molar-refractivity contribution in [2.45, 2.75) is 9.92 Å². The van der Waals surface area contributed by atoms with Crippen LogP contribution < -0.4 is 4.90 Å². The maximum Gasteiger partial charge on any atom is 0.229 e. The van der Waals surface area contributed by atoms with Crippen molar-refractivity contribution in [1.82, 2.24) is 19.8 Å². The molecular formula is C19H16ClN5O3S. The first-order chi connectivity index (χ1) is 14.1. The molecule has 0 spiro atoms. The number of morpholine rings is 1. The third kappa shape index (κ3) is 3.02. The molecule has 1 aliphatic rings. The molecule has 1 aliphatic heterocycles. The Morgan fingerprint density at radius 1 is 1.03 bits per heavy atom.